The number of nitrogens with zero attached hydrogens (tertiary/aromatic N) is 1. The third kappa shape index (κ3) is 6.35. The zero-order valence-corrected chi connectivity index (χ0v) is 34.8. The minimum absolute atomic E-state index is 0.155. The van der Waals surface area contributed by atoms with E-state index in [1.165, 1.54) is 91.2 Å². The van der Waals surface area contributed by atoms with Crippen LogP contribution in [0.1, 0.15) is 10.9 Å². The molecular formula is C57H38N2S2. The Morgan fingerprint density at radius 1 is 0.410 bits per heavy atom. The van der Waals surface area contributed by atoms with Crippen molar-refractivity contribution >= 4 is 87.6 Å². The lowest BCUT2D eigenvalue weighted by Crippen LogP contribution is -2.10. The van der Waals surface area contributed by atoms with Gasteiger partial charge in [0.15, 0.2) is 0 Å². The van der Waals surface area contributed by atoms with E-state index in [2.05, 4.69) is 229 Å². The van der Waals surface area contributed by atoms with E-state index in [0.29, 0.717) is 0 Å². The van der Waals surface area contributed by atoms with Gasteiger partial charge in [-0.1, -0.05) is 176 Å². The van der Waals surface area contributed by atoms with Crippen LogP contribution in [-0.2, 0) is 0 Å². The summed E-state index contributed by atoms with van der Waals surface area (Å²) in [5, 5.41) is 11.7. The van der Waals surface area contributed by atoms with Gasteiger partial charge in [-0.05, 0) is 110 Å². The van der Waals surface area contributed by atoms with Gasteiger partial charge in [0.05, 0.1) is 5.69 Å². The Kier molecular flexibility index (Phi) is 8.72. The maximum Gasteiger partial charge on any atom is 0.103 e. The Labute approximate surface area is 363 Å². The Morgan fingerprint density at radius 3 is 1.80 bits per heavy atom. The number of rotatable bonds is 7. The van der Waals surface area contributed by atoms with Crippen molar-refractivity contribution in [3.63, 3.8) is 0 Å². The molecule has 1 aliphatic heterocycles. The fourth-order valence-electron chi connectivity index (χ4n) is 9.13. The smallest absolute Gasteiger partial charge is 0.103 e. The topological polar surface area (TPSA) is 15.3 Å². The van der Waals surface area contributed by atoms with Gasteiger partial charge in [0.1, 0.15) is 5.37 Å². The zero-order chi connectivity index (χ0) is 40.3. The quantitative estimate of drug-likeness (QED) is 0.161. The summed E-state index contributed by atoms with van der Waals surface area (Å²) in [5.41, 5.74) is 12.9. The normalized spacial score (nSPS) is 13.5. The predicted octanol–water partition coefficient (Wildman–Crippen LogP) is 17.0. The lowest BCUT2D eigenvalue weighted by Gasteiger charge is -2.28. The van der Waals surface area contributed by atoms with E-state index in [0.717, 1.165) is 17.1 Å². The van der Waals surface area contributed by atoms with E-state index in [1.54, 1.807) is 0 Å². The first-order valence-electron chi connectivity index (χ1n) is 20.8. The molecule has 0 saturated heterocycles. The lowest BCUT2D eigenvalue weighted by molar-refractivity contribution is 1.14. The summed E-state index contributed by atoms with van der Waals surface area (Å²) in [6.45, 7) is 0. The fourth-order valence-corrected chi connectivity index (χ4v) is 11.5. The van der Waals surface area contributed by atoms with Crippen LogP contribution in [0.2, 0.25) is 0 Å². The summed E-state index contributed by atoms with van der Waals surface area (Å²) in [7, 11) is 0. The highest BCUT2D eigenvalue weighted by Crippen LogP contribution is 2.51. The third-order valence-electron chi connectivity index (χ3n) is 12.0. The number of benzene rings is 10. The van der Waals surface area contributed by atoms with Crippen molar-refractivity contribution in [3.8, 4) is 33.4 Å². The van der Waals surface area contributed by atoms with Crippen molar-refractivity contribution in [2.45, 2.75) is 10.3 Å². The van der Waals surface area contributed by atoms with Crippen LogP contribution >= 0.6 is 23.1 Å². The maximum absolute atomic E-state index is 3.95. The molecule has 2 heterocycles. The molecule has 0 bridgehead atoms. The number of hydrogen-bond acceptors (Lipinski definition) is 4. The van der Waals surface area contributed by atoms with Gasteiger partial charge in [-0.25, -0.2) is 0 Å². The van der Waals surface area contributed by atoms with Gasteiger partial charge in [-0.15, -0.1) is 11.3 Å². The Bertz CT molecular complexity index is 3370. The number of thioether (sulfide) groups is 1. The summed E-state index contributed by atoms with van der Waals surface area (Å²) in [6, 6.07) is 80.1. The summed E-state index contributed by atoms with van der Waals surface area (Å²) >= 11 is 3.78. The lowest BCUT2D eigenvalue weighted by atomic mass is 9.96. The van der Waals surface area contributed by atoms with Crippen molar-refractivity contribution in [1.29, 1.82) is 0 Å². The second-order valence-corrected chi connectivity index (χ2v) is 17.9. The van der Waals surface area contributed by atoms with Crippen LogP contribution in [-0.4, -0.2) is 0 Å². The van der Waals surface area contributed by atoms with Crippen LogP contribution in [0.5, 0.6) is 0 Å². The van der Waals surface area contributed by atoms with Gasteiger partial charge in [0, 0.05) is 47.5 Å². The molecule has 12 rings (SSSR count). The van der Waals surface area contributed by atoms with E-state index in [-0.39, 0.29) is 5.37 Å². The van der Waals surface area contributed by atoms with Crippen molar-refractivity contribution in [1.82, 2.24) is 0 Å². The fraction of sp³-hybridized carbons (Fsp3) is 0.0175. The highest BCUT2D eigenvalue weighted by atomic mass is 32.2. The van der Waals surface area contributed by atoms with Crippen LogP contribution in [0.3, 0.4) is 0 Å². The van der Waals surface area contributed by atoms with Gasteiger partial charge >= 0.3 is 0 Å². The average Bonchev–Trinajstić information content (AvgIpc) is 3.95. The maximum atomic E-state index is 3.95. The second-order valence-electron chi connectivity index (χ2n) is 15.7. The van der Waals surface area contributed by atoms with Crippen LogP contribution in [0, 0.1) is 0 Å². The standard InChI is InChI=1S/C57H38N2S2/c1-4-14-37(15-5-1)43-32-44(38-16-6-2-7-17-38)35-47(34-43)59(45-21-12-20-42(33-45)48-23-13-24-50-49-22-10-11-25-52(49)60-56(48)50)46-30-28-39-26-27-40-29-31-53-55(54(40)51(39)36-46)58-57(61-53)41-18-8-3-9-19-41/h1-36,57-58H. The van der Waals surface area contributed by atoms with Crippen molar-refractivity contribution < 1.29 is 0 Å². The number of thiophene rings is 1. The zero-order valence-electron chi connectivity index (χ0n) is 33.1. The summed E-state index contributed by atoms with van der Waals surface area (Å²) < 4.78 is 2.63. The SMILES string of the molecule is c1ccc(-c2cc(-c3ccccc3)cc(N(c3cccc(-c4cccc5c4sc4ccccc45)c3)c3ccc4ccc5ccc6c(c5c4c3)NC(c3ccccc3)S6)c2)cc1. The highest BCUT2D eigenvalue weighted by molar-refractivity contribution is 8.00. The second kappa shape index (κ2) is 14.9. The Morgan fingerprint density at radius 2 is 1.02 bits per heavy atom. The summed E-state index contributed by atoms with van der Waals surface area (Å²) in [4.78, 5) is 3.74. The largest absolute Gasteiger partial charge is 0.368 e. The Balaban J connectivity index is 1.09. The molecule has 0 aliphatic carbocycles. The van der Waals surface area contributed by atoms with Gasteiger partial charge in [-0.3, -0.25) is 0 Å². The number of nitrogens with one attached hydrogen (secondary N) is 1. The van der Waals surface area contributed by atoms with Crippen molar-refractivity contribution in [3.05, 3.63) is 224 Å². The van der Waals surface area contributed by atoms with Gasteiger partial charge in [-0.2, -0.15) is 0 Å². The first kappa shape index (κ1) is 35.8. The molecule has 0 spiro atoms. The van der Waals surface area contributed by atoms with Crippen LogP contribution in [0.4, 0.5) is 22.7 Å². The van der Waals surface area contributed by atoms with E-state index < -0.39 is 0 Å². The molecule has 2 nitrogen and oxygen atoms in total. The average molecular weight is 815 g/mol. The van der Waals surface area contributed by atoms with Crippen molar-refractivity contribution in [2.24, 2.45) is 0 Å². The molecule has 1 aliphatic rings. The summed E-state index contributed by atoms with van der Waals surface area (Å²) in [6.07, 6.45) is 0. The van der Waals surface area contributed by atoms with Crippen LogP contribution in [0.25, 0.3) is 75.1 Å². The minimum atomic E-state index is 0.155. The molecule has 4 heteroatoms. The molecule has 1 aromatic heterocycles. The van der Waals surface area contributed by atoms with Crippen molar-refractivity contribution in [2.75, 3.05) is 10.2 Å². The molecule has 288 valence electrons. The number of fused-ring (bicyclic) bond motifs is 8. The molecule has 1 unspecified atom stereocenters. The molecule has 10 aromatic carbocycles. The first-order chi connectivity index (χ1) is 30.2. The van der Waals surface area contributed by atoms with Gasteiger partial charge in [0.25, 0.3) is 0 Å². The van der Waals surface area contributed by atoms with Gasteiger partial charge in [0.2, 0.25) is 0 Å². The molecule has 1 N–H and O–H groups in total. The molecule has 0 radical (unpaired) electrons. The molecule has 0 saturated carbocycles. The van der Waals surface area contributed by atoms with E-state index in [4.69, 9.17) is 0 Å². The van der Waals surface area contributed by atoms with E-state index in [1.807, 2.05) is 23.1 Å². The first-order valence-corrected chi connectivity index (χ1v) is 22.5. The highest BCUT2D eigenvalue weighted by Gasteiger charge is 2.26. The van der Waals surface area contributed by atoms with Gasteiger partial charge < -0.3 is 10.2 Å². The predicted molar refractivity (Wildman–Crippen MR) is 264 cm³/mol. The molecule has 1 atom stereocenters. The van der Waals surface area contributed by atoms with E-state index >= 15 is 0 Å². The van der Waals surface area contributed by atoms with Crippen LogP contribution < -0.4 is 10.2 Å². The monoisotopic (exact) mass is 814 g/mol. The third-order valence-corrected chi connectivity index (χ3v) is 14.5. The minimum Gasteiger partial charge on any atom is -0.368 e. The van der Waals surface area contributed by atoms with Crippen LogP contribution in [0.15, 0.2) is 223 Å². The molecular weight excluding hydrogens is 777 g/mol. The molecule has 0 amide bonds. The van der Waals surface area contributed by atoms with E-state index in [9.17, 15) is 0 Å². The summed E-state index contributed by atoms with van der Waals surface area (Å²) in [5.74, 6) is 0. The number of anilines is 4. The molecule has 11 aromatic rings. The molecule has 61 heavy (non-hydrogen) atoms. The molecule has 0 fully saturated rings. The Hall–Kier alpha value is -7.11. The number of hydrogen-bond donors (Lipinski definition) is 1.